The zero-order valence-corrected chi connectivity index (χ0v) is 11.6. The molecule has 0 saturated carbocycles. The highest BCUT2D eigenvalue weighted by molar-refractivity contribution is 7.12. The Hall–Kier alpha value is -2.80. The predicted octanol–water partition coefficient (Wildman–Crippen LogP) is 3.05. The molecule has 0 aliphatic carbocycles. The smallest absolute Gasteiger partial charge is 0.212 e. The van der Waals surface area contributed by atoms with Crippen molar-refractivity contribution < 1.29 is 4.42 Å². The van der Waals surface area contributed by atoms with Crippen molar-refractivity contribution in [1.82, 2.24) is 25.0 Å². The minimum atomic E-state index is 0.740. The van der Waals surface area contributed by atoms with Gasteiger partial charge >= 0.3 is 0 Å². The van der Waals surface area contributed by atoms with Gasteiger partial charge in [0.15, 0.2) is 5.76 Å². The molecule has 4 aromatic rings. The van der Waals surface area contributed by atoms with Gasteiger partial charge in [0.25, 0.3) is 0 Å². The van der Waals surface area contributed by atoms with Crippen LogP contribution in [0.4, 0.5) is 0 Å². The van der Waals surface area contributed by atoms with E-state index in [0.717, 1.165) is 27.8 Å². The van der Waals surface area contributed by atoms with Crippen molar-refractivity contribution >= 4 is 11.3 Å². The Morgan fingerprint density at radius 1 is 1.14 bits per heavy atom. The summed E-state index contributed by atoms with van der Waals surface area (Å²) in [5.74, 6) is 0.741. The first-order valence-electron chi connectivity index (χ1n) is 6.23. The van der Waals surface area contributed by atoms with E-state index in [2.05, 4.69) is 20.3 Å². The van der Waals surface area contributed by atoms with Crippen molar-refractivity contribution in [3.63, 3.8) is 0 Å². The van der Waals surface area contributed by atoms with E-state index in [0.29, 0.717) is 0 Å². The standard InChI is InChI=1S/C14H9N5OS/c1-3-10(7-15-5-1)11-8-19(18-17-11)14-16-12(9-21-14)13-4-2-6-20-13/h1-9H. The van der Waals surface area contributed by atoms with Crippen molar-refractivity contribution in [3.8, 4) is 27.8 Å². The maximum Gasteiger partial charge on any atom is 0.212 e. The summed E-state index contributed by atoms with van der Waals surface area (Å²) < 4.78 is 6.99. The number of pyridine rings is 1. The molecule has 4 heterocycles. The summed E-state index contributed by atoms with van der Waals surface area (Å²) in [5, 5.41) is 10.9. The Balaban J connectivity index is 1.67. The van der Waals surface area contributed by atoms with Gasteiger partial charge in [0.05, 0.1) is 12.5 Å². The maximum atomic E-state index is 5.33. The van der Waals surface area contributed by atoms with Crippen molar-refractivity contribution in [1.29, 1.82) is 0 Å². The molecular formula is C14H9N5OS. The zero-order valence-electron chi connectivity index (χ0n) is 10.7. The molecule has 4 rings (SSSR count). The normalized spacial score (nSPS) is 10.9. The molecule has 0 aliphatic rings. The van der Waals surface area contributed by atoms with Gasteiger partial charge in [-0.05, 0) is 24.3 Å². The molecule has 0 atom stereocenters. The Bertz CT molecular complexity index is 851. The minimum Gasteiger partial charge on any atom is -0.463 e. The van der Waals surface area contributed by atoms with Crippen LogP contribution in [0.15, 0.2) is 58.9 Å². The molecule has 6 nitrogen and oxygen atoms in total. The zero-order chi connectivity index (χ0) is 14.1. The molecule has 0 radical (unpaired) electrons. The number of nitrogens with zero attached hydrogens (tertiary/aromatic N) is 5. The molecule has 0 saturated heterocycles. The van der Waals surface area contributed by atoms with Crippen molar-refractivity contribution in [2.45, 2.75) is 0 Å². The van der Waals surface area contributed by atoms with Crippen LogP contribution in [-0.4, -0.2) is 25.0 Å². The lowest BCUT2D eigenvalue weighted by Crippen LogP contribution is -1.93. The van der Waals surface area contributed by atoms with E-state index in [9.17, 15) is 0 Å². The first-order valence-corrected chi connectivity index (χ1v) is 7.11. The fourth-order valence-corrected chi connectivity index (χ4v) is 2.64. The van der Waals surface area contributed by atoms with E-state index in [1.54, 1.807) is 23.3 Å². The summed E-state index contributed by atoms with van der Waals surface area (Å²) in [4.78, 5) is 8.58. The van der Waals surface area contributed by atoms with Gasteiger partial charge in [-0.3, -0.25) is 4.98 Å². The number of hydrogen-bond acceptors (Lipinski definition) is 6. The van der Waals surface area contributed by atoms with E-state index in [-0.39, 0.29) is 0 Å². The molecule has 0 aliphatic heterocycles. The third kappa shape index (κ3) is 2.23. The van der Waals surface area contributed by atoms with Crippen LogP contribution in [0.25, 0.3) is 27.8 Å². The molecule has 0 fully saturated rings. The first-order chi connectivity index (χ1) is 10.4. The fraction of sp³-hybridized carbons (Fsp3) is 0. The van der Waals surface area contributed by atoms with Crippen LogP contribution in [0.5, 0.6) is 0 Å². The quantitative estimate of drug-likeness (QED) is 0.581. The second-order valence-corrected chi connectivity index (χ2v) is 5.12. The van der Waals surface area contributed by atoms with Gasteiger partial charge in [-0.25, -0.2) is 4.98 Å². The maximum absolute atomic E-state index is 5.33. The average molecular weight is 295 g/mol. The molecule has 0 amide bonds. The van der Waals surface area contributed by atoms with Crippen LogP contribution >= 0.6 is 11.3 Å². The molecular weight excluding hydrogens is 286 g/mol. The third-order valence-electron chi connectivity index (χ3n) is 2.91. The summed E-state index contributed by atoms with van der Waals surface area (Å²) in [5.41, 5.74) is 2.47. The fourth-order valence-electron chi connectivity index (χ4n) is 1.91. The van der Waals surface area contributed by atoms with Crippen LogP contribution in [0, 0.1) is 0 Å². The van der Waals surface area contributed by atoms with Crippen molar-refractivity contribution in [2.75, 3.05) is 0 Å². The van der Waals surface area contributed by atoms with Gasteiger partial charge in [0.1, 0.15) is 11.4 Å². The molecule has 0 unspecified atom stereocenters. The summed E-state index contributed by atoms with van der Waals surface area (Å²) in [6.07, 6.45) is 6.95. The molecule has 0 bridgehead atoms. The lowest BCUT2D eigenvalue weighted by molar-refractivity contribution is 0.580. The van der Waals surface area contributed by atoms with Gasteiger partial charge in [0.2, 0.25) is 5.13 Å². The molecule has 4 aromatic heterocycles. The first kappa shape index (κ1) is 12.0. The summed E-state index contributed by atoms with van der Waals surface area (Å²) >= 11 is 1.48. The Morgan fingerprint density at radius 2 is 2.14 bits per heavy atom. The Labute approximate surface area is 123 Å². The number of thiazole rings is 1. The summed E-state index contributed by atoms with van der Waals surface area (Å²) in [6, 6.07) is 7.52. The summed E-state index contributed by atoms with van der Waals surface area (Å²) in [7, 11) is 0. The second-order valence-electron chi connectivity index (χ2n) is 4.28. The van der Waals surface area contributed by atoms with Crippen LogP contribution in [0.1, 0.15) is 0 Å². The number of aromatic nitrogens is 5. The van der Waals surface area contributed by atoms with E-state index in [4.69, 9.17) is 4.42 Å². The molecule has 0 spiro atoms. The predicted molar refractivity (Wildman–Crippen MR) is 78.0 cm³/mol. The largest absolute Gasteiger partial charge is 0.463 e. The van der Waals surface area contributed by atoms with Gasteiger partial charge in [-0.15, -0.1) is 16.4 Å². The molecule has 21 heavy (non-hydrogen) atoms. The third-order valence-corrected chi connectivity index (χ3v) is 3.74. The van der Waals surface area contributed by atoms with Crippen molar-refractivity contribution in [2.24, 2.45) is 0 Å². The van der Waals surface area contributed by atoms with Gasteiger partial charge < -0.3 is 4.42 Å². The Morgan fingerprint density at radius 3 is 2.95 bits per heavy atom. The van der Waals surface area contributed by atoms with Gasteiger partial charge in [0, 0.05) is 23.3 Å². The van der Waals surface area contributed by atoms with E-state index < -0.39 is 0 Å². The second kappa shape index (κ2) is 4.95. The van der Waals surface area contributed by atoms with E-state index in [1.807, 2.05) is 35.8 Å². The van der Waals surface area contributed by atoms with Crippen molar-refractivity contribution in [3.05, 3.63) is 54.5 Å². The highest BCUT2D eigenvalue weighted by atomic mass is 32.1. The van der Waals surface area contributed by atoms with Crippen LogP contribution in [-0.2, 0) is 0 Å². The lowest BCUT2D eigenvalue weighted by atomic mass is 10.2. The topological polar surface area (TPSA) is 69.6 Å². The molecule has 0 aromatic carbocycles. The minimum absolute atomic E-state index is 0.740. The monoisotopic (exact) mass is 295 g/mol. The highest BCUT2D eigenvalue weighted by Crippen LogP contribution is 2.24. The Kier molecular flexibility index (Phi) is 2.82. The molecule has 7 heteroatoms. The molecule has 0 N–H and O–H groups in total. The SMILES string of the molecule is c1cncc(-c2cn(-c3nc(-c4ccco4)cs3)nn2)c1. The van der Waals surface area contributed by atoms with Crippen LogP contribution in [0.3, 0.4) is 0 Å². The van der Waals surface area contributed by atoms with Crippen LogP contribution < -0.4 is 0 Å². The number of hydrogen-bond donors (Lipinski definition) is 0. The van der Waals surface area contributed by atoms with Gasteiger partial charge in [-0.1, -0.05) is 5.21 Å². The average Bonchev–Trinajstić information content (AvgIpc) is 3.27. The number of rotatable bonds is 3. The van der Waals surface area contributed by atoms with Crippen LogP contribution in [0.2, 0.25) is 0 Å². The van der Waals surface area contributed by atoms with Gasteiger partial charge in [-0.2, -0.15) is 4.68 Å². The number of furan rings is 1. The highest BCUT2D eigenvalue weighted by Gasteiger charge is 2.11. The summed E-state index contributed by atoms with van der Waals surface area (Å²) in [6.45, 7) is 0. The molecule has 102 valence electrons. The van der Waals surface area contributed by atoms with E-state index >= 15 is 0 Å². The lowest BCUT2D eigenvalue weighted by Gasteiger charge is -1.93. The van der Waals surface area contributed by atoms with E-state index in [1.165, 1.54) is 11.3 Å².